The summed E-state index contributed by atoms with van der Waals surface area (Å²) in [5, 5.41) is 7.36. The standard InChI is InChI=1S/C20H25N3O2.ClH/c1-2-25-20(24)17-8-15-9-18-16(11-21-22-18)10-19(15)23(13-17)12-14-6-4-3-5-7-14;/h3-7,11,15,17,19H,2,8-10,12-13H2,1H3,(H,21,22);1H/t15-,17-,19?;/m1./s1. The first kappa shape index (κ1) is 18.9. The van der Waals surface area contributed by atoms with Gasteiger partial charge in [-0.25, -0.2) is 0 Å². The van der Waals surface area contributed by atoms with Crippen molar-refractivity contribution in [1.82, 2.24) is 15.1 Å². The fourth-order valence-corrected chi connectivity index (χ4v) is 4.44. The van der Waals surface area contributed by atoms with Crippen molar-refractivity contribution in [2.75, 3.05) is 13.2 Å². The van der Waals surface area contributed by atoms with Gasteiger partial charge >= 0.3 is 5.97 Å². The third-order valence-electron chi connectivity index (χ3n) is 5.61. The van der Waals surface area contributed by atoms with Gasteiger partial charge in [-0.1, -0.05) is 30.3 Å². The van der Waals surface area contributed by atoms with E-state index < -0.39 is 0 Å². The zero-order valence-electron chi connectivity index (χ0n) is 15.1. The maximum absolute atomic E-state index is 12.4. The Balaban J connectivity index is 0.00000196. The number of hydrogen-bond acceptors (Lipinski definition) is 4. The number of carbonyl (C=O) groups excluding carboxylic acids is 1. The van der Waals surface area contributed by atoms with Crippen LogP contribution in [-0.2, 0) is 28.9 Å². The molecule has 0 radical (unpaired) electrons. The lowest BCUT2D eigenvalue weighted by atomic mass is 9.74. The lowest BCUT2D eigenvalue weighted by molar-refractivity contribution is -0.152. The number of aromatic nitrogens is 2. The van der Waals surface area contributed by atoms with Gasteiger partial charge in [-0.15, -0.1) is 12.4 Å². The predicted octanol–water partition coefficient (Wildman–Crippen LogP) is 3.00. The van der Waals surface area contributed by atoms with E-state index in [1.54, 1.807) is 0 Å². The van der Waals surface area contributed by atoms with Crippen LogP contribution in [0.3, 0.4) is 0 Å². The van der Waals surface area contributed by atoms with E-state index in [4.69, 9.17) is 4.74 Å². The topological polar surface area (TPSA) is 58.2 Å². The molecule has 2 aliphatic rings. The molecular weight excluding hydrogens is 350 g/mol. The Bertz CT molecular complexity index is 734. The van der Waals surface area contributed by atoms with Crippen LogP contribution >= 0.6 is 12.4 Å². The third-order valence-corrected chi connectivity index (χ3v) is 5.61. The van der Waals surface area contributed by atoms with Crippen LogP contribution < -0.4 is 0 Å². The van der Waals surface area contributed by atoms with E-state index in [1.165, 1.54) is 16.8 Å². The molecule has 1 aromatic carbocycles. The summed E-state index contributed by atoms with van der Waals surface area (Å²) in [4.78, 5) is 14.9. The van der Waals surface area contributed by atoms with Crippen LogP contribution in [0.2, 0.25) is 0 Å². The molecule has 6 heteroatoms. The fourth-order valence-electron chi connectivity index (χ4n) is 4.44. The molecule has 2 aromatic rings. The largest absolute Gasteiger partial charge is 0.466 e. The number of benzene rings is 1. The summed E-state index contributed by atoms with van der Waals surface area (Å²) in [6.45, 7) is 3.99. The molecule has 1 aliphatic carbocycles. The van der Waals surface area contributed by atoms with Crippen molar-refractivity contribution in [2.45, 2.75) is 38.8 Å². The normalized spacial score (nSPS) is 24.9. The Labute approximate surface area is 160 Å². The lowest BCUT2D eigenvalue weighted by Gasteiger charge is -2.46. The van der Waals surface area contributed by atoms with E-state index in [1.807, 2.05) is 19.2 Å². The number of likely N-dealkylation sites (tertiary alicyclic amines) is 1. The number of esters is 1. The molecule has 0 saturated carbocycles. The fraction of sp³-hybridized carbons (Fsp3) is 0.500. The minimum absolute atomic E-state index is 0. The van der Waals surface area contributed by atoms with Crippen molar-refractivity contribution in [2.24, 2.45) is 11.8 Å². The van der Waals surface area contributed by atoms with Crippen molar-refractivity contribution >= 4 is 18.4 Å². The van der Waals surface area contributed by atoms with E-state index in [0.717, 1.165) is 32.4 Å². The number of nitrogens with zero attached hydrogens (tertiary/aromatic N) is 2. The molecule has 2 heterocycles. The van der Waals surface area contributed by atoms with Gasteiger partial charge in [0.2, 0.25) is 0 Å². The van der Waals surface area contributed by atoms with Gasteiger partial charge in [0.25, 0.3) is 0 Å². The van der Waals surface area contributed by atoms with Gasteiger partial charge in [0.05, 0.1) is 18.7 Å². The van der Waals surface area contributed by atoms with Gasteiger partial charge in [0.15, 0.2) is 0 Å². The Morgan fingerprint density at radius 1 is 1.31 bits per heavy atom. The second-order valence-electron chi connectivity index (χ2n) is 7.21. The molecule has 1 saturated heterocycles. The van der Waals surface area contributed by atoms with Crippen LogP contribution in [0.25, 0.3) is 0 Å². The van der Waals surface area contributed by atoms with Crippen LogP contribution in [0.15, 0.2) is 36.5 Å². The van der Waals surface area contributed by atoms with Crippen molar-refractivity contribution in [3.63, 3.8) is 0 Å². The molecule has 0 spiro atoms. The second-order valence-corrected chi connectivity index (χ2v) is 7.21. The molecule has 1 unspecified atom stereocenters. The Morgan fingerprint density at radius 2 is 2.12 bits per heavy atom. The van der Waals surface area contributed by atoms with Gasteiger partial charge in [-0.3, -0.25) is 14.8 Å². The van der Waals surface area contributed by atoms with E-state index in [0.29, 0.717) is 18.6 Å². The zero-order valence-corrected chi connectivity index (χ0v) is 15.9. The number of H-pyrrole nitrogens is 1. The number of ether oxygens (including phenoxy) is 1. The van der Waals surface area contributed by atoms with Gasteiger partial charge in [-0.05, 0) is 43.2 Å². The van der Waals surface area contributed by atoms with Gasteiger partial charge in [-0.2, -0.15) is 5.10 Å². The molecule has 4 rings (SSSR count). The van der Waals surface area contributed by atoms with Gasteiger partial charge < -0.3 is 4.74 Å². The van der Waals surface area contributed by atoms with E-state index in [-0.39, 0.29) is 24.3 Å². The predicted molar refractivity (Wildman–Crippen MR) is 102 cm³/mol. The lowest BCUT2D eigenvalue weighted by Crippen LogP contribution is -2.53. The first-order valence-corrected chi connectivity index (χ1v) is 9.20. The number of aromatic amines is 1. The molecular formula is C20H26ClN3O2. The summed E-state index contributed by atoms with van der Waals surface area (Å²) >= 11 is 0. The molecule has 0 amide bonds. The van der Waals surface area contributed by atoms with Crippen molar-refractivity contribution in [3.05, 3.63) is 53.3 Å². The Kier molecular flexibility index (Phi) is 5.99. The molecule has 1 aliphatic heterocycles. The molecule has 5 nitrogen and oxygen atoms in total. The van der Waals surface area contributed by atoms with E-state index >= 15 is 0 Å². The smallest absolute Gasteiger partial charge is 0.310 e. The van der Waals surface area contributed by atoms with Crippen molar-refractivity contribution < 1.29 is 9.53 Å². The van der Waals surface area contributed by atoms with Gasteiger partial charge in [0, 0.05) is 24.8 Å². The average molecular weight is 376 g/mol. The molecule has 26 heavy (non-hydrogen) atoms. The van der Waals surface area contributed by atoms with Crippen LogP contribution in [-0.4, -0.2) is 40.3 Å². The second kappa shape index (κ2) is 8.23. The van der Waals surface area contributed by atoms with Crippen molar-refractivity contribution in [3.8, 4) is 0 Å². The number of piperidine rings is 1. The zero-order chi connectivity index (χ0) is 17.2. The monoisotopic (exact) mass is 375 g/mol. The van der Waals surface area contributed by atoms with Crippen LogP contribution in [0, 0.1) is 11.8 Å². The Hall–Kier alpha value is -1.85. The summed E-state index contributed by atoms with van der Waals surface area (Å²) in [7, 11) is 0. The number of fused-ring (bicyclic) bond motifs is 2. The summed E-state index contributed by atoms with van der Waals surface area (Å²) in [6.07, 6.45) is 4.86. The number of halogens is 1. The number of nitrogens with one attached hydrogen (secondary N) is 1. The molecule has 1 fully saturated rings. The highest BCUT2D eigenvalue weighted by Crippen LogP contribution is 2.37. The van der Waals surface area contributed by atoms with E-state index in [9.17, 15) is 4.79 Å². The average Bonchev–Trinajstić information content (AvgIpc) is 3.08. The summed E-state index contributed by atoms with van der Waals surface area (Å²) in [6, 6.07) is 11.0. The van der Waals surface area contributed by atoms with Gasteiger partial charge in [0.1, 0.15) is 0 Å². The summed E-state index contributed by atoms with van der Waals surface area (Å²) in [5.74, 6) is 0.392. The maximum atomic E-state index is 12.4. The molecule has 1 aromatic heterocycles. The first-order valence-electron chi connectivity index (χ1n) is 9.20. The highest BCUT2D eigenvalue weighted by atomic mass is 35.5. The van der Waals surface area contributed by atoms with Crippen LogP contribution in [0.5, 0.6) is 0 Å². The number of hydrogen-bond donors (Lipinski definition) is 1. The van der Waals surface area contributed by atoms with Crippen molar-refractivity contribution in [1.29, 1.82) is 0 Å². The highest BCUT2D eigenvalue weighted by Gasteiger charge is 2.42. The van der Waals surface area contributed by atoms with Crippen LogP contribution in [0.1, 0.15) is 30.2 Å². The molecule has 140 valence electrons. The first-order chi connectivity index (χ1) is 12.2. The quantitative estimate of drug-likeness (QED) is 0.834. The SMILES string of the molecule is CCOC(=O)[C@@H]1C[C@@H]2Cc3[nH]ncc3CC2N(Cc2ccccc2)C1.Cl. The number of carbonyl (C=O) groups is 1. The van der Waals surface area contributed by atoms with E-state index in [2.05, 4.69) is 39.4 Å². The Morgan fingerprint density at radius 3 is 2.88 bits per heavy atom. The highest BCUT2D eigenvalue weighted by molar-refractivity contribution is 5.85. The minimum atomic E-state index is -0.0468. The molecule has 1 N–H and O–H groups in total. The minimum Gasteiger partial charge on any atom is -0.466 e. The summed E-state index contributed by atoms with van der Waals surface area (Å²) in [5.41, 5.74) is 3.86. The third kappa shape index (κ3) is 3.79. The summed E-state index contributed by atoms with van der Waals surface area (Å²) < 4.78 is 5.33. The molecule has 3 atom stereocenters. The maximum Gasteiger partial charge on any atom is 0.310 e. The van der Waals surface area contributed by atoms with Crippen LogP contribution in [0.4, 0.5) is 0 Å². The molecule has 0 bridgehead atoms. The number of rotatable bonds is 4.